The zero-order valence-electron chi connectivity index (χ0n) is 14.1. The highest BCUT2D eigenvalue weighted by Crippen LogP contribution is 2.20. The molecule has 1 heterocycles. The Bertz CT molecular complexity index is 900. The van der Waals surface area contributed by atoms with Crippen LogP contribution < -0.4 is 5.32 Å². The summed E-state index contributed by atoms with van der Waals surface area (Å²) >= 11 is 0. The van der Waals surface area contributed by atoms with Gasteiger partial charge in [0.1, 0.15) is 0 Å². The van der Waals surface area contributed by atoms with Gasteiger partial charge < -0.3 is 15.0 Å². The van der Waals surface area contributed by atoms with Gasteiger partial charge in [0.2, 0.25) is 0 Å². The molecule has 0 unspecified atom stereocenters. The molecule has 0 spiro atoms. The molecule has 0 radical (unpaired) electrons. The van der Waals surface area contributed by atoms with Crippen molar-refractivity contribution in [2.75, 3.05) is 7.11 Å². The largest absolute Gasteiger partial charge is 0.469 e. The molecule has 6 heteroatoms. The minimum Gasteiger partial charge on any atom is -0.469 e. The van der Waals surface area contributed by atoms with Crippen molar-refractivity contribution in [2.45, 2.75) is 19.4 Å². The lowest BCUT2D eigenvalue weighted by molar-refractivity contribution is -0.141. The first-order chi connectivity index (χ1) is 12.1. The van der Waals surface area contributed by atoms with Crippen LogP contribution in [0.15, 0.2) is 48.8 Å². The van der Waals surface area contributed by atoms with Gasteiger partial charge in [-0.05, 0) is 30.7 Å². The van der Waals surface area contributed by atoms with E-state index in [0.29, 0.717) is 5.56 Å². The van der Waals surface area contributed by atoms with E-state index in [1.54, 1.807) is 24.5 Å². The second kappa shape index (κ2) is 7.17. The zero-order chi connectivity index (χ0) is 17.8. The van der Waals surface area contributed by atoms with E-state index in [9.17, 15) is 9.59 Å². The van der Waals surface area contributed by atoms with Crippen LogP contribution in [0, 0.1) is 6.92 Å². The summed E-state index contributed by atoms with van der Waals surface area (Å²) in [7, 11) is 1.34. The number of amides is 1. The van der Waals surface area contributed by atoms with E-state index in [1.165, 1.54) is 7.11 Å². The molecule has 25 heavy (non-hydrogen) atoms. The summed E-state index contributed by atoms with van der Waals surface area (Å²) in [5.74, 6) is -0.638. The molecular formula is C19H19N3O3. The van der Waals surface area contributed by atoms with Crippen molar-refractivity contribution in [3.8, 4) is 0 Å². The number of rotatable bonds is 5. The Morgan fingerprint density at radius 2 is 1.96 bits per heavy atom. The molecule has 3 aromatic rings. The number of hydrogen-bond acceptors (Lipinski definition) is 4. The molecule has 0 aliphatic heterocycles. The second-order valence-electron chi connectivity index (χ2n) is 5.85. The lowest BCUT2D eigenvalue weighted by Gasteiger charge is -2.18. The van der Waals surface area contributed by atoms with Crippen LogP contribution in [0.3, 0.4) is 0 Å². The van der Waals surface area contributed by atoms with E-state index in [1.807, 2.05) is 31.2 Å². The Kier molecular flexibility index (Phi) is 4.79. The highest BCUT2D eigenvalue weighted by Gasteiger charge is 2.20. The van der Waals surface area contributed by atoms with Crippen molar-refractivity contribution in [1.82, 2.24) is 15.3 Å². The third-order valence-corrected chi connectivity index (χ3v) is 4.07. The van der Waals surface area contributed by atoms with Gasteiger partial charge in [0, 0.05) is 5.56 Å². The third kappa shape index (κ3) is 3.85. The molecule has 1 amide bonds. The van der Waals surface area contributed by atoms with Crippen LogP contribution in [-0.2, 0) is 9.53 Å². The molecule has 6 nitrogen and oxygen atoms in total. The fraction of sp³-hybridized carbons (Fsp3) is 0.211. The van der Waals surface area contributed by atoms with Crippen LogP contribution in [0.1, 0.15) is 33.9 Å². The van der Waals surface area contributed by atoms with E-state index < -0.39 is 6.04 Å². The number of fused-ring (bicyclic) bond motifs is 1. The summed E-state index contributed by atoms with van der Waals surface area (Å²) in [6.07, 6.45) is 1.65. The number of carbonyl (C=O) groups excluding carboxylic acids is 2. The quantitative estimate of drug-likeness (QED) is 0.701. The highest BCUT2D eigenvalue weighted by atomic mass is 16.5. The van der Waals surface area contributed by atoms with Crippen molar-refractivity contribution in [3.63, 3.8) is 0 Å². The number of aromatic nitrogens is 2. The average molecular weight is 337 g/mol. The molecule has 1 aromatic heterocycles. The molecule has 0 saturated carbocycles. The first kappa shape index (κ1) is 16.7. The normalized spacial score (nSPS) is 11.9. The summed E-state index contributed by atoms with van der Waals surface area (Å²) in [5.41, 5.74) is 4.04. The van der Waals surface area contributed by atoms with E-state index in [0.717, 1.165) is 22.2 Å². The number of methoxy groups -OCH3 is 1. The number of imidazole rings is 1. The number of aromatic amines is 1. The maximum Gasteiger partial charge on any atom is 0.307 e. The highest BCUT2D eigenvalue weighted by molar-refractivity contribution is 5.97. The van der Waals surface area contributed by atoms with E-state index in [-0.39, 0.29) is 18.3 Å². The van der Waals surface area contributed by atoms with Crippen LogP contribution in [0.4, 0.5) is 0 Å². The molecule has 0 aliphatic carbocycles. The molecule has 2 N–H and O–H groups in total. The molecule has 2 aromatic carbocycles. The first-order valence-electron chi connectivity index (χ1n) is 7.94. The lowest BCUT2D eigenvalue weighted by atomic mass is 10.0. The predicted molar refractivity (Wildman–Crippen MR) is 94.1 cm³/mol. The third-order valence-electron chi connectivity index (χ3n) is 4.07. The van der Waals surface area contributed by atoms with Gasteiger partial charge in [-0.3, -0.25) is 9.59 Å². The van der Waals surface area contributed by atoms with Gasteiger partial charge in [-0.15, -0.1) is 0 Å². The van der Waals surface area contributed by atoms with Crippen LogP contribution in [0.25, 0.3) is 11.0 Å². The first-order valence-corrected chi connectivity index (χ1v) is 7.94. The number of ether oxygens (including phenoxy) is 1. The maximum atomic E-state index is 12.6. The zero-order valence-corrected chi connectivity index (χ0v) is 14.1. The molecule has 0 fully saturated rings. The average Bonchev–Trinajstić information content (AvgIpc) is 3.09. The van der Waals surface area contributed by atoms with Crippen LogP contribution in [0.2, 0.25) is 0 Å². The molecule has 0 bridgehead atoms. The fourth-order valence-electron chi connectivity index (χ4n) is 2.62. The van der Waals surface area contributed by atoms with Crippen molar-refractivity contribution in [2.24, 2.45) is 0 Å². The molecule has 3 rings (SSSR count). The van der Waals surface area contributed by atoms with Gasteiger partial charge in [0.25, 0.3) is 5.91 Å². The number of esters is 1. The number of benzene rings is 2. The van der Waals surface area contributed by atoms with Gasteiger partial charge in [0.05, 0.1) is 36.9 Å². The predicted octanol–water partition coefficient (Wildman–Crippen LogP) is 2.91. The maximum absolute atomic E-state index is 12.6. The minimum absolute atomic E-state index is 0.0671. The summed E-state index contributed by atoms with van der Waals surface area (Å²) in [6, 6.07) is 12.5. The van der Waals surface area contributed by atoms with E-state index >= 15 is 0 Å². The Labute approximate surface area is 145 Å². The fourth-order valence-corrected chi connectivity index (χ4v) is 2.62. The van der Waals surface area contributed by atoms with Gasteiger partial charge >= 0.3 is 5.97 Å². The summed E-state index contributed by atoms with van der Waals surface area (Å²) < 4.78 is 4.76. The van der Waals surface area contributed by atoms with Gasteiger partial charge in [-0.2, -0.15) is 0 Å². The van der Waals surface area contributed by atoms with Gasteiger partial charge in [-0.1, -0.05) is 29.8 Å². The molecular weight excluding hydrogens is 318 g/mol. The topological polar surface area (TPSA) is 84.1 Å². The number of carbonyl (C=O) groups is 2. The SMILES string of the molecule is COC(=O)C[C@H](NC(=O)c1ccc2nc[nH]c2c1)c1ccc(C)cc1. The Hall–Kier alpha value is -3.15. The number of hydrogen-bond donors (Lipinski definition) is 2. The molecule has 128 valence electrons. The van der Waals surface area contributed by atoms with Crippen molar-refractivity contribution >= 4 is 22.9 Å². The number of H-pyrrole nitrogens is 1. The van der Waals surface area contributed by atoms with E-state index in [2.05, 4.69) is 15.3 Å². The lowest BCUT2D eigenvalue weighted by Crippen LogP contribution is -2.30. The Morgan fingerprint density at radius 3 is 2.68 bits per heavy atom. The Balaban J connectivity index is 1.83. The molecule has 0 aliphatic rings. The van der Waals surface area contributed by atoms with Gasteiger partial charge in [-0.25, -0.2) is 4.98 Å². The number of aryl methyl sites for hydroxylation is 1. The van der Waals surface area contributed by atoms with Crippen LogP contribution >= 0.6 is 0 Å². The Morgan fingerprint density at radius 1 is 1.20 bits per heavy atom. The van der Waals surface area contributed by atoms with E-state index in [4.69, 9.17) is 4.74 Å². The smallest absolute Gasteiger partial charge is 0.307 e. The van der Waals surface area contributed by atoms with Crippen LogP contribution in [-0.4, -0.2) is 29.0 Å². The van der Waals surface area contributed by atoms with Crippen molar-refractivity contribution < 1.29 is 14.3 Å². The van der Waals surface area contributed by atoms with Gasteiger partial charge in [0.15, 0.2) is 0 Å². The number of nitrogens with one attached hydrogen (secondary N) is 2. The summed E-state index contributed by atoms with van der Waals surface area (Å²) in [5, 5.41) is 2.92. The standard InChI is InChI=1S/C19H19N3O3/c1-12-3-5-13(6-4-12)16(10-18(23)25-2)22-19(24)14-7-8-15-17(9-14)21-11-20-15/h3-9,11,16H,10H2,1-2H3,(H,20,21)(H,22,24)/t16-/m0/s1. The second-order valence-corrected chi connectivity index (χ2v) is 5.85. The molecule has 0 saturated heterocycles. The van der Waals surface area contributed by atoms with Crippen molar-refractivity contribution in [1.29, 1.82) is 0 Å². The number of nitrogens with zero attached hydrogens (tertiary/aromatic N) is 1. The summed E-state index contributed by atoms with van der Waals surface area (Å²) in [6.45, 7) is 1.98. The monoisotopic (exact) mass is 337 g/mol. The van der Waals surface area contributed by atoms with Crippen LogP contribution in [0.5, 0.6) is 0 Å². The summed E-state index contributed by atoms with van der Waals surface area (Å²) in [4.78, 5) is 31.5. The molecule has 1 atom stereocenters. The van der Waals surface area contributed by atoms with Crippen molar-refractivity contribution in [3.05, 3.63) is 65.5 Å². The minimum atomic E-state index is -0.460.